The van der Waals surface area contributed by atoms with E-state index in [1.807, 2.05) is 0 Å². The summed E-state index contributed by atoms with van der Waals surface area (Å²) in [6.45, 7) is 0. The van der Waals surface area contributed by atoms with E-state index in [0.717, 1.165) is 19.3 Å². The number of amides is 2. The Kier molecular flexibility index (Phi) is 2.08. The van der Waals surface area contributed by atoms with Crippen LogP contribution in [0.2, 0.25) is 0 Å². The number of carbonyl (C=O) groups excluding carboxylic acids is 2. The van der Waals surface area contributed by atoms with Crippen LogP contribution < -0.4 is 10.6 Å². The molecule has 1 aromatic rings. The number of nitrogens with two attached hydrogens (primary N) is 1. The fourth-order valence-corrected chi connectivity index (χ4v) is 4.29. The van der Waals surface area contributed by atoms with E-state index in [4.69, 9.17) is 5.73 Å². The van der Waals surface area contributed by atoms with Crippen molar-refractivity contribution in [3.8, 4) is 0 Å². The molecule has 2 amide bonds. The molecule has 1 aromatic carbocycles. The second kappa shape index (κ2) is 3.59. The smallest absolute Gasteiger partial charge is 0.237 e. The highest BCUT2D eigenvalue weighted by molar-refractivity contribution is 6.22. The fourth-order valence-electron chi connectivity index (χ4n) is 4.29. The number of rotatable bonds is 1. The third-order valence-corrected chi connectivity index (χ3v) is 5.08. The number of carbonyl (C=O) groups is 2. The third kappa shape index (κ3) is 1.34. The minimum atomic E-state index is -0.0520. The highest BCUT2D eigenvalue weighted by Crippen LogP contribution is 2.56. The van der Waals surface area contributed by atoms with Crippen molar-refractivity contribution >= 4 is 23.2 Å². The van der Waals surface area contributed by atoms with Crippen LogP contribution in [0.25, 0.3) is 0 Å². The van der Waals surface area contributed by atoms with Gasteiger partial charge in [-0.1, -0.05) is 0 Å². The summed E-state index contributed by atoms with van der Waals surface area (Å²) in [4.78, 5) is 26.5. The van der Waals surface area contributed by atoms with Crippen LogP contribution in [-0.4, -0.2) is 11.8 Å². The molecular weight excluding hydrogens is 240 g/mol. The topological polar surface area (TPSA) is 63.4 Å². The van der Waals surface area contributed by atoms with Gasteiger partial charge in [-0.3, -0.25) is 14.5 Å². The first-order chi connectivity index (χ1) is 9.16. The van der Waals surface area contributed by atoms with Crippen molar-refractivity contribution in [3.63, 3.8) is 0 Å². The standard InChI is InChI=1S/C15H16N2O2/c16-10-3-5-11(6-4-10)17-14(18)12-8-1-2-9(7-8)13(12)15(17)19/h3-6,8-9,12-13H,1-2,7,16H2/t8-,9+,12?,13?. The van der Waals surface area contributed by atoms with Gasteiger partial charge in [0.25, 0.3) is 0 Å². The normalized spacial score (nSPS) is 36.1. The van der Waals surface area contributed by atoms with Crippen molar-refractivity contribution in [2.45, 2.75) is 19.3 Å². The lowest BCUT2D eigenvalue weighted by molar-refractivity contribution is -0.123. The van der Waals surface area contributed by atoms with Crippen molar-refractivity contribution < 1.29 is 9.59 Å². The Balaban J connectivity index is 1.73. The van der Waals surface area contributed by atoms with Crippen molar-refractivity contribution in [2.75, 3.05) is 10.6 Å². The summed E-state index contributed by atoms with van der Waals surface area (Å²) in [7, 11) is 0. The van der Waals surface area contributed by atoms with E-state index in [1.165, 1.54) is 4.90 Å². The van der Waals surface area contributed by atoms with E-state index in [-0.39, 0.29) is 23.7 Å². The second-order valence-electron chi connectivity index (χ2n) is 5.99. The van der Waals surface area contributed by atoms with Crippen LogP contribution in [0.3, 0.4) is 0 Å². The summed E-state index contributed by atoms with van der Waals surface area (Å²) in [6.07, 6.45) is 3.29. The molecular formula is C15H16N2O2. The monoisotopic (exact) mass is 256 g/mol. The number of hydrogen-bond acceptors (Lipinski definition) is 3. The van der Waals surface area contributed by atoms with Gasteiger partial charge in [0, 0.05) is 5.69 Å². The van der Waals surface area contributed by atoms with E-state index >= 15 is 0 Å². The maximum atomic E-state index is 12.5. The lowest BCUT2D eigenvalue weighted by Crippen LogP contribution is -2.32. The van der Waals surface area contributed by atoms with Crippen molar-refractivity contribution in [2.24, 2.45) is 23.7 Å². The number of anilines is 2. The van der Waals surface area contributed by atoms with Gasteiger partial charge in [-0.25, -0.2) is 0 Å². The first-order valence-corrected chi connectivity index (χ1v) is 6.90. The maximum absolute atomic E-state index is 12.5. The van der Waals surface area contributed by atoms with Crippen molar-refractivity contribution in [3.05, 3.63) is 24.3 Å². The van der Waals surface area contributed by atoms with E-state index in [2.05, 4.69) is 0 Å². The number of nitrogens with zero attached hydrogens (tertiary/aromatic N) is 1. The second-order valence-corrected chi connectivity index (χ2v) is 5.99. The Morgan fingerprint density at radius 3 is 2.00 bits per heavy atom. The summed E-state index contributed by atoms with van der Waals surface area (Å²) in [5.74, 6) is 0.780. The molecule has 2 bridgehead atoms. The average Bonchev–Trinajstić information content (AvgIpc) is 3.06. The molecule has 3 aliphatic rings. The zero-order valence-corrected chi connectivity index (χ0v) is 10.6. The Bertz CT molecular complexity index is 538. The largest absolute Gasteiger partial charge is 0.399 e. The molecule has 0 spiro atoms. The van der Waals surface area contributed by atoms with Gasteiger partial charge in [-0.15, -0.1) is 0 Å². The minimum absolute atomic E-state index is 0.00646. The molecule has 98 valence electrons. The summed E-state index contributed by atoms with van der Waals surface area (Å²) < 4.78 is 0. The van der Waals surface area contributed by atoms with Crippen molar-refractivity contribution in [1.82, 2.24) is 0 Å². The molecule has 1 aliphatic heterocycles. The predicted molar refractivity (Wildman–Crippen MR) is 71.2 cm³/mol. The van der Waals surface area contributed by atoms with E-state index in [0.29, 0.717) is 23.2 Å². The summed E-state index contributed by atoms with van der Waals surface area (Å²) in [6, 6.07) is 6.99. The van der Waals surface area contributed by atoms with Gasteiger partial charge >= 0.3 is 0 Å². The van der Waals surface area contributed by atoms with E-state index < -0.39 is 0 Å². The lowest BCUT2D eigenvalue weighted by atomic mass is 9.81. The molecule has 3 fully saturated rings. The Morgan fingerprint density at radius 2 is 1.47 bits per heavy atom. The molecule has 2 N–H and O–H groups in total. The number of fused-ring (bicyclic) bond motifs is 5. The van der Waals surface area contributed by atoms with Gasteiger partial charge in [0.05, 0.1) is 17.5 Å². The number of imide groups is 1. The van der Waals surface area contributed by atoms with Gasteiger partial charge in [-0.2, -0.15) is 0 Å². The maximum Gasteiger partial charge on any atom is 0.237 e. The molecule has 0 aromatic heterocycles. The molecule has 1 saturated heterocycles. The highest BCUT2D eigenvalue weighted by Gasteiger charge is 2.61. The quantitative estimate of drug-likeness (QED) is 0.615. The van der Waals surface area contributed by atoms with Gasteiger partial charge in [0.2, 0.25) is 11.8 Å². The molecule has 19 heavy (non-hydrogen) atoms. The molecule has 4 heteroatoms. The Labute approximate surface area is 111 Å². The first kappa shape index (κ1) is 11.0. The van der Waals surface area contributed by atoms with Gasteiger partial charge in [0.15, 0.2) is 0 Å². The van der Waals surface area contributed by atoms with Gasteiger partial charge < -0.3 is 5.73 Å². The minimum Gasteiger partial charge on any atom is -0.399 e. The fraction of sp³-hybridized carbons (Fsp3) is 0.467. The molecule has 2 saturated carbocycles. The zero-order chi connectivity index (χ0) is 13.1. The van der Waals surface area contributed by atoms with E-state index in [1.54, 1.807) is 24.3 Å². The third-order valence-electron chi connectivity index (χ3n) is 5.08. The first-order valence-electron chi connectivity index (χ1n) is 6.90. The van der Waals surface area contributed by atoms with Crippen LogP contribution in [-0.2, 0) is 9.59 Å². The van der Waals surface area contributed by atoms with Crippen molar-refractivity contribution in [1.29, 1.82) is 0 Å². The molecule has 0 radical (unpaired) electrons. The number of nitrogen functional groups attached to an aromatic ring is 1. The van der Waals surface area contributed by atoms with Crippen LogP contribution in [0.5, 0.6) is 0 Å². The molecule has 2 aliphatic carbocycles. The number of benzene rings is 1. The SMILES string of the molecule is Nc1ccc(N2C(=O)C3C(C2=O)[C@H]2CC[C@@H]3C2)cc1. The van der Waals surface area contributed by atoms with Crippen LogP contribution in [0.15, 0.2) is 24.3 Å². The van der Waals surface area contributed by atoms with Crippen LogP contribution in [0.4, 0.5) is 11.4 Å². The summed E-state index contributed by atoms with van der Waals surface area (Å²) in [5, 5.41) is 0. The molecule has 4 atom stereocenters. The summed E-state index contributed by atoms with van der Waals surface area (Å²) >= 11 is 0. The van der Waals surface area contributed by atoms with Crippen LogP contribution in [0, 0.1) is 23.7 Å². The molecule has 2 unspecified atom stereocenters. The Morgan fingerprint density at radius 1 is 0.947 bits per heavy atom. The predicted octanol–water partition coefficient (Wildman–Crippen LogP) is 1.80. The van der Waals surface area contributed by atoms with Gasteiger partial charge in [0.1, 0.15) is 0 Å². The van der Waals surface area contributed by atoms with Crippen LogP contribution >= 0.6 is 0 Å². The average molecular weight is 256 g/mol. The highest BCUT2D eigenvalue weighted by atomic mass is 16.2. The van der Waals surface area contributed by atoms with Crippen LogP contribution in [0.1, 0.15) is 19.3 Å². The van der Waals surface area contributed by atoms with Gasteiger partial charge in [-0.05, 0) is 55.4 Å². The molecule has 1 heterocycles. The summed E-state index contributed by atoms with van der Waals surface area (Å²) in [5.41, 5.74) is 6.96. The molecule has 4 nitrogen and oxygen atoms in total. The Hall–Kier alpha value is -1.84. The lowest BCUT2D eigenvalue weighted by Gasteiger charge is -2.19. The van der Waals surface area contributed by atoms with E-state index in [9.17, 15) is 9.59 Å². The number of hydrogen-bond donors (Lipinski definition) is 1. The molecule has 4 rings (SSSR count). The zero-order valence-electron chi connectivity index (χ0n) is 10.6.